The topological polar surface area (TPSA) is 65.9 Å². The van der Waals surface area contributed by atoms with Gasteiger partial charge in [-0.15, -0.1) is 0 Å². The van der Waals surface area contributed by atoms with Crippen LogP contribution in [0.2, 0.25) is 5.02 Å². The van der Waals surface area contributed by atoms with Crippen LogP contribution < -0.4 is 20.4 Å². The van der Waals surface area contributed by atoms with E-state index in [1.807, 2.05) is 31.2 Å². The van der Waals surface area contributed by atoms with E-state index in [-0.39, 0.29) is 11.8 Å². The Morgan fingerprint density at radius 1 is 1.28 bits per heavy atom. The lowest BCUT2D eigenvalue weighted by atomic mass is 10.2. The number of rotatable bonds is 7. The van der Waals surface area contributed by atoms with E-state index < -0.39 is 6.04 Å². The van der Waals surface area contributed by atoms with Crippen LogP contribution in [0, 0.1) is 0 Å². The van der Waals surface area contributed by atoms with Crippen LogP contribution in [0.15, 0.2) is 24.3 Å². The molecule has 3 N–H and O–H groups in total. The Morgan fingerprint density at radius 2 is 1.96 bits per heavy atom. The molecule has 25 heavy (non-hydrogen) atoms. The van der Waals surface area contributed by atoms with Crippen molar-refractivity contribution >= 4 is 29.1 Å². The Hall–Kier alpha value is -1.79. The Labute approximate surface area is 154 Å². The fraction of sp³-hybridized carbons (Fsp3) is 0.556. The predicted octanol–water partition coefficient (Wildman–Crippen LogP) is 0.0758. The Balaban J connectivity index is 1.75. The van der Waals surface area contributed by atoms with E-state index in [0.717, 1.165) is 43.3 Å². The summed E-state index contributed by atoms with van der Waals surface area (Å²) in [5.74, 6) is -0.214. The quantitative estimate of drug-likeness (QED) is 0.639. The number of nitrogens with one attached hydrogen (secondary N) is 3. The molecule has 0 radical (unpaired) electrons. The summed E-state index contributed by atoms with van der Waals surface area (Å²) < 4.78 is 0. The number of carbonyl (C=O) groups is 2. The van der Waals surface area contributed by atoms with Crippen LogP contribution in [0.5, 0.6) is 0 Å². The summed E-state index contributed by atoms with van der Waals surface area (Å²) in [6.45, 7) is 8.20. The Kier molecular flexibility index (Phi) is 7.52. The number of carbonyl (C=O) groups excluding carboxylic acids is 2. The van der Waals surface area contributed by atoms with Crippen molar-refractivity contribution in [1.29, 1.82) is 0 Å². The molecule has 1 saturated heterocycles. The third-order valence-electron chi connectivity index (χ3n) is 4.39. The van der Waals surface area contributed by atoms with Crippen molar-refractivity contribution in [2.24, 2.45) is 0 Å². The molecule has 1 aliphatic rings. The second kappa shape index (κ2) is 9.63. The molecule has 2 amide bonds. The molecule has 0 unspecified atom stereocenters. The lowest BCUT2D eigenvalue weighted by Crippen LogP contribution is -3.16. The lowest BCUT2D eigenvalue weighted by molar-refractivity contribution is -0.892. The van der Waals surface area contributed by atoms with Gasteiger partial charge in [-0.1, -0.05) is 30.7 Å². The number of halogens is 1. The molecule has 0 saturated carbocycles. The average Bonchev–Trinajstić information content (AvgIpc) is 2.60. The SMILES string of the molecule is CCCNC(=O)[C@H](C)NC(=O)C[NH+]1CCN(c2ccccc2Cl)CC1. The first-order valence-corrected chi connectivity index (χ1v) is 9.29. The van der Waals surface area contributed by atoms with Gasteiger partial charge in [0, 0.05) is 6.54 Å². The van der Waals surface area contributed by atoms with E-state index in [2.05, 4.69) is 15.5 Å². The molecule has 1 aromatic rings. The van der Waals surface area contributed by atoms with Crippen molar-refractivity contribution in [1.82, 2.24) is 10.6 Å². The van der Waals surface area contributed by atoms with Gasteiger partial charge in [-0.05, 0) is 25.5 Å². The fourth-order valence-electron chi connectivity index (χ4n) is 2.94. The summed E-state index contributed by atoms with van der Waals surface area (Å²) in [5, 5.41) is 6.33. The van der Waals surface area contributed by atoms with Gasteiger partial charge >= 0.3 is 0 Å². The summed E-state index contributed by atoms with van der Waals surface area (Å²) in [7, 11) is 0. The smallest absolute Gasteiger partial charge is 0.275 e. The van der Waals surface area contributed by atoms with Gasteiger partial charge in [-0.25, -0.2) is 0 Å². The predicted molar refractivity (Wildman–Crippen MR) is 100 cm³/mol. The zero-order valence-electron chi connectivity index (χ0n) is 15.0. The van der Waals surface area contributed by atoms with Crippen molar-refractivity contribution < 1.29 is 14.5 Å². The van der Waals surface area contributed by atoms with Gasteiger partial charge in [-0.3, -0.25) is 9.59 Å². The van der Waals surface area contributed by atoms with Crippen molar-refractivity contribution in [3.8, 4) is 0 Å². The minimum atomic E-state index is -0.497. The van der Waals surface area contributed by atoms with Gasteiger partial charge in [0.25, 0.3) is 5.91 Å². The number of quaternary nitrogens is 1. The summed E-state index contributed by atoms with van der Waals surface area (Å²) >= 11 is 6.25. The molecular weight excluding hydrogens is 340 g/mol. The van der Waals surface area contributed by atoms with Crippen molar-refractivity contribution in [3.63, 3.8) is 0 Å². The number of anilines is 1. The number of hydrogen-bond acceptors (Lipinski definition) is 3. The molecule has 0 aliphatic carbocycles. The molecule has 7 heteroatoms. The minimum absolute atomic E-state index is 0.0830. The highest BCUT2D eigenvalue weighted by Gasteiger charge is 2.24. The van der Waals surface area contributed by atoms with Crippen LogP contribution in [-0.4, -0.2) is 57.1 Å². The highest BCUT2D eigenvalue weighted by molar-refractivity contribution is 6.33. The maximum Gasteiger partial charge on any atom is 0.275 e. The molecule has 0 aromatic heterocycles. The maximum absolute atomic E-state index is 12.2. The summed E-state index contributed by atoms with van der Waals surface area (Å²) in [4.78, 5) is 27.4. The molecule has 1 fully saturated rings. The molecule has 1 aromatic carbocycles. The average molecular weight is 368 g/mol. The molecule has 0 spiro atoms. The summed E-state index contributed by atoms with van der Waals surface area (Å²) in [6.07, 6.45) is 0.881. The first kappa shape index (κ1) is 19.5. The summed E-state index contributed by atoms with van der Waals surface area (Å²) in [6, 6.07) is 7.34. The van der Waals surface area contributed by atoms with Crippen LogP contribution in [0.4, 0.5) is 5.69 Å². The molecule has 1 atom stereocenters. The van der Waals surface area contributed by atoms with Crippen molar-refractivity contribution in [2.75, 3.05) is 44.2 Å². The van der Waals surface area contributed by atoms with Crippen LogP contribution in [0.25, 0.3) is 0 Å². The standard InChI is InChI=1S/C18H27ClN4O2/c1-3-8-20-18(25)14(2)21-17(24)13-22-9-11-23(12-10-22)16-7-5-4-6-15(16)19/h4-7,14H,3,8-13H2,1-2H3,(H,20,25)(H,21,24)/p+1/t14-/m0/s1. The number of para-hydroxylation sites is 1. The molecule has 1 aliphatic heterocycles. The minimum Gasteiger partial charge on any atom is -0.359 e. The van der Waals surface area contributed by atoms with Gasteiger partial charge in [-0.2, -0.15) is 0 Å². The molecule has 138 valence electrons. The van der Waals surface area contributed by atoms with Gasteiger partial charge < -0.3 is 20.4 Å². The normalized spacial score (nSPS) is 16.4. The Morgan fingerprint density at radius 3 is 2.60 bits per heavy atom. The zero-order valence-corrected chi connectivity index (χ0v) is 15.7. The number of nitrogens with zero attached hydrogens (tertiary/aromatic N) is 1. The number of benzene rings is 1. The highest BCUT2D eigenvalue weighted by atomic mass is 35.5. The van der Waals surface area contributed by atoms with Gasteiger partial charge in [0.15, 0.2) is 6.54 Å². The second-order valence-electron chi connectivity index (χ2n) is 6.45. The molecule has 2 rings (SSSR count). The van der Waals surface area contributed by atoms with Gasteiger partial charge in [0.2, 0.25) is 5.91 Å². The monoisotopic (exact) mass is 367 g/mol. The lowest BCUT2D eigenvalue weighted by Gasteiger charge is -2.33. The van der Waals surface area contributed by atoms with E-state index in [0.29, 0.717) is 13.1 Å². The third-order valence-corrected chi connectivity index (χ3v) is 4.71. The van der Waals surface area contributed by atoms with Gasteiger partial charge in [0.05, 0.1) is 36.9 Å². The number of piperazine rings is 1. The van der Waals surface area contributed by atoms with Crippen LogP contribution >= 0.6 is 11.6 Å². The van der Waals surface area contributed by atoms with Gasteiger partial charge in [0.1, 0.15) is 6.04 Å². The van der Waals surface area contributed by atoms with E-state index in [1.165, 1.54) is 4.90 Å². The molecule has 6 nitrogen and oxygen atoms in total. The van der Waals surface area contributed by atoms with E-state index >= 15 is 0 Å². The number of amides is 2. The first-order valence-electron chi connectivity index (χ1n) is 8.91. The van der Waals surface area contributed by atoms with Crippen molar-refractivity contribution in [2.45, 2.75) is 26.3 Å². The van der Waals surface area contributed by atoms with Crippen molar-refractivity contribution in [3.05, 3.63) is 29.3 Å². The van der Waals surface area contributed by atoms with Crippen LogP contribution in [0.3, 0.4) is 0 Å². The third kappa shape index (κ3) is 5.90. The first-order chi connectivity index (χ1) is 12.0. The van der Waals surface area contributed by atoms with Crippen LogP contribution in [-0.2, 0) is 9.59 Å². The maximum atomic E-state index is 12.2. The number of hydrogen-bond donors (Lipinski definition) is 3. The van der Waals surface area contributed by atoms with E-state index in [4.69, 9.17) is 11.6 Å². The van der Waals surface area contributed by atoms with Crippen LogP contribution in [0.1, 0.15) is 20.3 Å². The second-order valence-corrected chi connectivity index (χ2v) is 6.85. The highest BCUT2D eigenvalue weighted by Crippen LogP contribution is 2.24. The molecule has 1 heterocycles. The Bertz CT molecular complexity index is 588. The fourth-order valence-corrected chi connectivity index (χ4v) is 3.19. The van der Waals surface area contributed by atoms with E-state index in [9.17, 15) is 9.59 Å². The largest absolute Gasteiger partial charge is 0.359 e. The molecular formula is C18H28ClN4O2+. The summed E-state index contributed by atoms with van der Waals surface area (Å²) in [5.41, 5.74) is 1.05. The van der Waals surface area contributed by atoms with E-state index in [1.54, 1.807) is 6.92 Å². The zero-order chi connectivity index (χ0) is 18.2. The molecule has 0 bridgehead atoms.